The summed E-state index contributed by atoms with van der Waals surface area (Å²) in [7, 11) is -1.83. The van der Waals surface area contributed by atoms with Crippen LogP contribution in [0.3, 0.4) is 0 Å². The summed E-state index contributed by atoms with van der Waals surface area (Å²) in [6.07, 6.45) is -1.08. The van der Waals surface area contributed by atoms with Gasteiger partial charge in [0, 0.05) is 0 Å². The zero-order chi connectivity index (χ0) is 13.8. The molecule has 0 saturated carbocycles. The molecule has 1 rings (SSSR count). The molecule has 0 heterocycles. The van der Waals surface area contributed by atoms with Crippen molar-refractivity contribution in [2.75, 3.05) is 0 Å². The van der Waals surface area contributed by atoms with Gasteiger partial charge < -0.3 is 4.43 Å². The molecular weight excluding hydrogens is 231 g/mol. The van der Waals surface area contributed by atoms with E-state index in [0.717, 1.165) is 23.7 Å². The van der Waals surface area contributed by atoms with E-state index in [1.165, 1.54) is 12.1 Å². The summed E-state index contributed by atoms with van der Waals surface area (Å²) in [6.45, 7) is 8.17. The molecule has 0 amide bonds. The van der Waals surface area contributed by atoms with E-state index in [1.807, 2.05) is 0 Å². The van der Waals surface area contributed by atoms with E-state index in [4.69, 9.17) is 5.80 Å². The van der Waals surface area contributed by atoms with Crippen molar-refractivity contribution in [3.63, 3.8) is 0 Å². The summed E-state index contributed by atoms with van der Waals surface area (Å²) in [5.41, 5.74) is 0.719. The lowest BCUT2D eigenvalue weighted by Gasteiger charge is -2.32. The fourth-order valence-corrected chi connectivity index (χ4v) is 4.74. The Labute approximate surface area is 107 Å². The van der Waals surface area contributed by atoms with Crippen LogP contribution in [0, 0.1) is 5.82 Å². The minimum atomic E-state index is -1.83. The van der Waals surface area contributed by atoms with Gasteiger partial charge in [-0.2, -0.15) is 0 Å². The molecule has 0 fully saturated rings. The van der Waals surface area contributed by atoms with Crippen molar-refractivity contribution in [3.8, 4) is 0 Å². The van der Waals surface area contributed by atoms with E-state index < -0.39 is 14.4 Å². The van der Waals surface area contributed by atoms with Crippen LogP contribution in [0.5, 0.6) is 0 Å². The van der Waals surface area contributed by atoms with Gasteiger partial charge in [0.15, 0.2) is 8.32 Å². The number of rotatable bonds is 6. The van der Waals surface area contributed by atoms with Gasteiger partial charge in [-0.25, -0.2) is 4.39 Å². The Morgan fingerprint density at radius 2 is 1.65 bits per heavy atom. The molecule has 0 aromatic heterocycles. The van der Waals surface area contributed by atoms with Crippen LogP contribution in [0.2, 0.25) is 18.1 Å². The molecule has 0 aliphatic rings. The molecule has 17 heavy (non-hydrogen) atoms. The van der Waals surface area contributed by atoms with E-state index in [-0.39, 0.29) is 5.82 Å². The van der Waals surface area contributed by atoms with E-state index in [1.54, 1.807) is 19.1 Å². The Bertz CT molecular complexity index is 366. The third-order valence-corrected chi connectivity index (χ3v) is 8.16. The maximum absolute atomic E-state index is 12.9. The lowest BCUT2D eigenvalue weighted by atomic mass is 10.1. The molecule has 1 aromatic carbocycles. The van der Waals surface area contributed by atoms with Crippen molar-refractivity contribution in [1.29, 1.82) is 0 Å². The van der Waals surface area contributed by atoms with Gasteiger partial charge in [0.05, 0.1) is 7.45 Å². The third kappa shape index (κ3) is 3.65. The van der Waals surface area contributed by atoms with Crippen molar-refractivity contribution >= 4 is 8.32 Å². The molecule has 0 aliphatic heterocycles. The van der Waals surface area contributed by atoms with Crippen molar-refractivity contribution in [1.82, 2.24) is 0 Å². The molecule has 0 aliphatic carbocycles. The van der Waals surface area contributed by atoms with E-state index in [9.17, 15) is 4.39 Å². The SMILES string of the molecule is [2H]C(C)(O[Si](CC)(CC)CC)c1ccc(F)cc1. The largest absolute Gasteiger partial charge is 0.410 e. The Balaban J connectivity index is 2.96. The average Bonchev–Trinajstić information content (AvgIpc) is 2.37. The minimum absolute atomic E-state index is 0.278. The maximum Gasteiger partial charge on any atom is 0.192 e. The van der Waals surface area contributed by atoms with E-state index >= 15 is 0 Å². The first-order valence-electron chi connectivity index (χ1n) is 6.85. The van der Waals surface area contributed by atoms with Crippen LogP contribution >= 0.6 is 0 Å². The highest BCUT2D eigenvalue weighted by Crippen LogP contribution is 2.29. The average molecular weight is 255 g/mol. The zero-order valence-corrected chi connectivity index (χ0v) is 12.2. The highest BCUT2D eigenvalue weighted by Gasteiger charge is 2.30. The van der Waals surface area contributed by atoms with Gasteiger partial charge in [-0.15, -0.1) is 0 Å². The van der Waals surface area contributed by atoms with Crippen LogP contribution in [0.1, 0.15) is 40.7 Å². The molecule has 0 spiro atoms. The van der Waals surface area contributed by atoms with Crippen LogP contribution in [0.15, 0.2) is 24.3 Å². The first-order chi connectivity index (χ1) is 8.39. The second-order valence-corrected chi connectivity index (χ2v) is 9.10. The fourth-order valence-electron chi connectivity index (χ4n) is 2.03. The van der Waals surface area contributed by atoms with Crippen molar-refractivity contribution in [2.24, 2.45) is 0 Å². The summed E-state index contributed by atoms with van der Waals surface area (Å²) in [5, 5.41) is 0. The van der Waals surface area contributed by atoms with E-state index in [2.05, 4.69) is 20.8 Å². The molecule has 1 nitrogen and oxygen atoms in total. The Morgan fingerprint density at radius 3 is 2.06 bits per heavy atom. The van der Waals surface area contributed by atoms with Gasteiger partial charge in [0.2, 0.25) is 0 Å². The summed E-state index contributed by atoms with van der Waals surface area (Å²) in [5.74, 6) is -0.278. The molecule has 0 saturated heterocycles. The van der Waals surface area contributed by atoms with Crippen LogP contribution < -0.4 is 0 Å². The number of benzene rings is 1. The topological polar surface area (TPSA) is 9.23 Å². The normalized spacial score (nSPS) is 16.4. The third-order valence-electron chi connectivity index (χ3n) is 3.55. The van der Waals surface area contributed by atoms with Gasteiger partial charge in [0.25, 0.3) is 0 Å². The lowest BCUT2D eigenvalue weighted by Crippen LogP contribution is -2.36. The molecule has 1 unspecified atom stereocenters. The predicted octanol–water partition coefficient (Wildman–Crippen LogP) is 4.91. The zero-order valence-electron chi connectivity index (χ0n) is 12.2. The van der Waals surface area contributed by atoms with Gasteiger partial charge >= 0.3 is 0 Å². The van der Waals surface area contributed by atoms with Crippen LogP contribution in [0.4, 0.5) is 4.39 Å². The second-order valence-electron chi connectivity index (χ2n) is 4.41. The monoisotopic (exact) mass is 255 g/mol. The van der Waals surface area contributed by atoms with Crippen molar-refractivity contribution in [2.45, 2.75) is 51.9 Å². The van der Waals surface area contributed by atoms with Crippen molar-refractivity contribution < 1.29 is 10.2 Å². The van der Waals surface area contributed by atoms with Crippen LogP contribution in [-0.4, -0.2) is 8.32 Å². The molecule has 3 heteroatoms. The Morgan fingerprint density at radius 1 is 1.18 bits per heavy atom. The van der Waals surface area contributed by atoms with Gasteiger partial charge in [-0.05, 0) is 42.8 Å². The van der Waals surface area contributed by atoms with E-state index in [0.29, 0.717) is 0 Å². The van der Waals surface area contributed by atoms with Gasteiger partial charge in [0.1, 0.15) is 5.82 Å². The second kappa shape index (κ2) is 6.31. The number of halogens is 1. The predicted molar refractivity (Wildman–Crippen MR) is 73.1 cm³/mol. The quantitative estimate of drug-likeness (QED) is 0.656. The minimum Gasteiger partial charge on any atom is -0.410 e. The first kappa shape index (κ1) is 12.8. The lowest BCUT2D eigenvalue weighted by molar-refractivity contribution is 0.210. The standard InChI is InChI=1S/C14H23FOSi/c1-5-17(6-2,7-3)16-12(4)13-8-10-14(15)11-9-13/h8-12H,5-7H2,1-4H3/i12D. The van der Waals surface area contributed by atoms with Crippen LogP contribution in [-0.2, 0) is 4.43 Å². The molecule has 0 radical (unpaired) electrons. The highest BCUT2D eigenvalue weighted by atomic mass is 28.4. The summed E-state index contributed by atoms with van der Waals surface area (Å²) >= 11 is 0. The molecule has 0 N–H and O–H groups in total. The van der Waals surface area contributed by atoms with Crippen molar-refractivity contribution in [3.05, 3.63) is 35.6 Å². The Hall–Kier alpha value is -0.673. The molecular formula is C14H23FOSi. The number of hydrogen-bond donors (Lipinski definition) is 0. The maximum atomic E-state index is 12.9. The summed E-state index contributed by atoms with van der Waals surface area (Å²) in [6, 6.07) is 9.09. The molecule has 0 bridgehead atoms. The number of hydrogen-bond acceptors (Lipinski definition) is 1. The Kier molecular flexibility index (Phi) is 4.74. The fraction of sp³-hybridized carbons (Fsp3) is 0.571. The molecule has 96 valence electrons. The molecule has 1 atom stereocenters. The highest BCUT2D eigenvalue weighted by molar-refractivity contribution is 6.73. The van der Waals surface area contributed by atoms with Gasteiger partial charge in [-0.3, -0.25) is 0 Å². The molecule has 1 aromatic rings. The first-order valence-corrected chi connectivity index (χ1v) is 8.88. The van der Waals surface area contributed by atoms with Crippen LogP contribution in [0.25, 0.3) is 0 Å². The smallest absolute Gasteiger partial charge is 0.192 e. The summed E-state index contributed by atoms with van der Waals surface area (Å²) in [4.78, 5) is 0. The van der Waals surface area contributed by atoms with Gasteiger partial charge in [-0.1, -0.05) is 32.9 Å². The summed E-state index contributed by atoms with van der Waals surface area (Å²) < 4.78 is 27.5.